The lowest BCUT2D eigenvalue weighted by Crippen LogP contribution is -2.51. The molecule has 1 saturated heterocycles. The third kappa shape index (κ3) is 4.45. The molecule has 1 aliphatic heterocycles. The van der Waals surface area contributed by atoms with E-state index < -0.39 is 0 Å². The molecule has 0 spiro atoms. The largest absolute Gasteiger partial charge is 0.392 e. The van der Waals surface area contributed by atoms with Crippen LogP contribution in [0.25, 0.3) is 0 Å². The minimum atomic E-state index is -0.295. The van der Waals surface area contributed by atoms with Gasteiger partial charge < -0.3 is 15.3 Å². The monoisotopic (exact) mass is 282 g/mol. The topological polar surface area (TPSA) is 52.6 Å². The molecule has 0 aromatic heterocycles. The number of aliphatic hydroxyl groups is 1. The van der Waals surface area contributed by atoms with E-state index in [1.165, 1.54) is 19.3 Å². The predicted octanol–water partition coefficient (Wildman–Crippen LogP) is 2.06. The highest BCUT2D eigenvalue weighted by molar-refractivity contribution is 5.81. The smallest absolute Gasteiger partial charge is 0.239 e. The number of rotatable bonds is 3. The Hall–Kier alpha value is -0.610. The molecule has 3 atom stereocenters. The number of aliphatic hydroxyl groups excluding tert-OH is 1. The van der Waals surface area contributed by atoms with Crippen LogP contribution in [0.2, 0.25) is 0 Å². The zero-order valence-corrected chi connectivity index (χ0v) is 12.8. The molecular formula is C16H30N2O2. The molecule has 1 aliphatic carbocycles. The van der Waals surface area contributed by atoms with Gasteiger partial charge in [-0.05, 0) is 32.6 Å². The Balaban J connectivity index is 1.85. The van der Waals surface area contributed by atoms with Gasteiger partial charge in [-0.2, -0.15) is 0 Å². The van der Waals surface area contributed by atoms with Crippen LogP contribution in [0.3, 0.4) is 0 Å². The fraction of sp³-hybridized carbons (Fsp3) is 0.938. The van der Waals surface area contributed by atoms with Gasteiger partial charge in [0, 0.05) is 19.1 Å². The number of likely N-dealkylation sites (tertiary alicyclic amines) is 1. The minimum absolute atomic E-state index is 0.0865. The minimum Gasteiger partial charge on any atom is -0.392 e. The molecule has 4 nitrogen and oxygen atoms in total. The van der Waals surface area contributed by atoms with E-state index >= 15 is 0 Å². The molecule has 116 valence electrons. The van der Waals surface area contributed by atoms with Gasteiger partial charge in [0.15, 0.2) is 0 Å². The van der Waals surface area contributed by atoms with Gasteiger partial charge in [0.05, 0.1) is 12.1 Å². The molecule has 1 heterocycles. The number of nitrogens with one attached hydrogen (secondary N) is 1. The maximum atomic E-state index is 12.5. The summed E-state index contributed by atoms with van der Waals surface area (Å²) in [6, 6.07) is -0.0886. The lowest BCUT2D eigenvalue weighted by Gasteiger charge is -2.29. The molecule has 0 aromatic rings. The third-order valence-electron chi connectivity index (χ3n) is 4.73. The Bertz CT molecular complexity index is 301. The summed E-state index contributed by atoms with van der Waals surface area (Å²) in [4.78, 5) is 14.5. The first-order chi connectivity index (χ1) is 9.68. The van der Waals surface area contributed by atoms with Crippen LogP contribution < -0.4 is 5.32 Å². The van der Waals surface area contributed by atoms with Crippen molar-refractivity contribution in [2.75, 3.05) is 13.1 Å². The van der Waals surface area contributed by atoms with E-state index in [9.17, 15) is 9.90 Å². The van der Waals surface area contributed by atoms with Gasteiger partial charge in [0.2, 0.25) is 5.91 Å². The molecule has 4 heteroatoms. The molecule has 2 rings (SSSR count). The lowest BCUT2D eigenvalue weighted by molar-refractivity contribution is -0.133. The van der Waals surface area contributed by atoms with Gasteiger partial charge in [-0.15, -0.1) is 0 Å². The average molecular weight is 282 g/mol. The van der Waals surface area contributed by atoms with Crippen LogP contribution in [-0.2, 0) is 4.79 Å². The lowest BCUT2D eigenvalue weighted by atomic mass is 10.0. The summed E-state index contributed by atoms with van der Waals surface area (Å²) in [6.45, 7) is 3.75. The molecule has 1 amide bonds. The Morgan fingerprint density at radius 1 is 1.05 bits per heavy atom. The van der Waals surface area contributed by atoms with Gasteiger partial charge in [-0.1, -0.05) is 32.1 Å². The zero-order valence-electron chi connectivity index (χ0n) is 12.8. The first-order valence-corrected chi connectivity index (χ1v) is 8.41. The van der Waals surface area contributed by atoms with Crippen LogP contribution in [0, 0.1) is 0 Å². The second kappa shape index (κ2) is 7.99. The number of hydrogen-bond acceptors (Lipinski definition) is 3. The molecule has 1 saturated carbocycles. The first-order valence-electron chi connectivity index (χ1n) is 8.41. The molecule has 2 fully saturated rings. The fourth-order valence-corrected chi connectivity index (χ4v) is 3.44. The van der Waals surface area contributed by atoms with Crippen molar-refractivity contribution < 1.29 is 9.90 Å². The SMILES string of the molecule is CC(NC1CCCCCC1O)C(=O)N1CCCCCC1. The molecule has 2 aliphatic rings. The predicted molar refractivity (Wildman–Crippen MR) is 80.5 cm³/mol. The van der Waals surface area contributed by atoms with Crippen molar-refractivity contribution in [1.82, 2.24) is 10.2 Å². The maximum Gasteiger partial charge on any atom is 0.239 e. The number of nitrogens with zero attached hydrogens (tertiary/aromatic N) is 1. The maximum absolute atomic E-state index is 12.5. The summed E-state index contributed by atoms with van der Waals surface area (Å²) in [7, 11) is 0. The first kappa shape index (κ1) is 15.8. The van der Waals surface area contributed by atoms with Crippen LogP contribution in [0.4, 0.5) is 0 Å². The van der Waals surface area contributed by atoms with Crippen LogP contribution in [0.1, 0.15) is 64.7 Å². The van der Waals surface area contributed by atoms with Gasteiger partial charge in [0.1, 0.15) is 0 Å². The number of carbonyl (C=O) groups is 1. The quantitative estimate of drug-likeness (QED) is 0.779. The molecule has 0 aromatic carbocycles. The van der Waals surface area contributed by atoms with Crippen molar-refractivity contribution in [2.45, 2.75) is 82.9 Å². The third-order valence-corrected chi connectivity index (χ3v) is 4.73. The van der Waals surface area contributed by atoms with E-state index in [-0.39, 0.29) is 24.1 Å². The Morgan fingerprint density at radius 2 is 1.65 bits per heavy atom. The second-order valence-electron chi connectivity index (χ2n) is 6.44. The van der Waals surface area contributed by atoms with Crippen LogP contribution in [0.5, 0.6) is 0 Å². The van der Waals surface area contributed by atoms with Crippen molar-refractivity contribution in [2.24, 2.45) is 0 Å². The van der Waals surface area contributed by atoms with E-state index in [0.29, 0.717) is 0 Å². The van der Waals surface area contributed by atoms with E-state index in [1.54, 1.807) is 0 Å². The summed E-state index contributed by atoms with van der Waals surface area (Å²) < 4.78 is 0. The zero-order chi connectivity index (χ0) is 14.4. The van der Waals surface area contributed by atoms with E-state index in [4.69, 9.17) is 0 Å². The fourth-order valence-electron chi connectivity index (χ4n) is 3.44. The van der Waals surface area contributed by atoms with E-state index in [1.807, 2.05) is 11.8 Å². The Labute approximate surface area is 122 Å². The average Bonchev–Trinajstić information content (AvgIpc) is 2.82. The van der Waals surface area contributed by atoms with E-state index in [0.717, 1.165) is 51.6 Å². The van der Waals surface area contributed by atoms with Crippen molar-refractivity contribution in [3.8, 4) is 0 Å². The van der Waals surface area contributed by atoms with Crippen molar-refractivity contribution >= 4 is 5.91 Å². The highest BCUT2D eigenvalue weighted by Gasteiger charge is 2.27. The molecule has 2 N–H and O–H groups in total. The summed E-state index contributed by atoms with van der Waals surface area (Å²) in [6.07, 6.45) is 9.75. The standard InChI is InChI=1S/C16H30N2O2/c1-13(16(20)18-11-7-2-3-8-12-18)17-14-9-5-4-6-10-15(14)19/h13-15,17,19H,2-12H2,1H3. The van der Waals surface area contributed by atoms with Gasteiger partial charge in [0.25, 0.3) is 0 Å². The van der Waals surface area contributed by atoms with Gasteiger partial charge in [-0.25, -0.2) is 0 Å². The summed E-state index contributed by atoms with van der Waals surface area (Å²) in [5, 5.41) is 13.5. The molecule has 0 bridgehead atoms. The number of amides is 1. The van der Waals surface area contributed by atoms with Gasteiger partial charge >= 0.3 is 0 Å². The highest BCUT2D eigenvalue weighted by atomic mass is 16.3. The summed E-state index contributed by atoms with van der Waals surface area (Å²) in [5.74, 6) is 0.211. The van der Waals surface area contributed by atoms with Gasteiger partial charge in [-0.3, -0.25) is 4.79 Å². The van der Waals surface area contributed by atoms with Crippen LogP contribution >= 0.6 is 0 Å². The Morgan fingerprint density at radius 3 is 2.35 bits per heavy atom. The molecular weight excluding hydrogens is 252 g/mol. The normalized spacial score (nSPS) is 30.4. The summed E-state index contributed by atoms with van der Waals surface area (Å²) >= 11 is 0. The number of hydrogen-bond donors (Lipinski definition) is 2. The summed E-state index contributed by atoms with van der Waals surface area (Å²) in [5.41, 5.74) is 0. The van der Waals surface area contributed by atoms with Crippen molar-refractivity contribution in [3.63, 3.8) is 0 Å². The van der Waals surface area contributed by atoms with Crippen molar-refractivity contribution in [3.05, 3.63) is 0 Å². The van der Waals surface area contributed by atoms with Crippen LogP contribution in [0.15, 0.2) is 0 Å². The molecule has 20 heavy (non-hydrogen) atoms. The van der Waals surface area contributed by atoms with Crippen molar-refractivity contribution in [1.29, 1.82) is 0 Å². The Kier molecular flexibility index (Phi) is 6.30. The molecule has 3 unspecified atom stereocenters. The highest BCUT2D eigenvalue weighted by Crippen LogP contribution is 2.19. The van der Waals surface area contributed by atoms with Crippen LogP contribution in [-0.4, -0.2) is 47.2 Å². The van der Waals surface area contributed by atoms with E-state index in [2.05, 4.69) is 5.32 Å². The second-order valence-corrected chi connectivity index (χ2v) is 6.44. The number of carbonyl (C=O) groups excluding carboxylic acids is 1. The molecule has 0 radical (unpaired) electrons.